The molecular weight excluding hydrogens is 344 g/mol. The summed E-state index contributed by atoms with van der Waals surface area (Å²) in [7, 11) is 1.38. The van der Waals surface area contributed by atoms with Gasteiger partial charge in [0.1, 0.15) is 5.82 Å². The first-order valence-corrected chi connectivity index (χ1v) is 8.77. The van der Waals surface area contributed by atoms with E-state index >= 15 is 0 Å². The SMILES string of the molecule is COC(=O)CC(C)Cc1nc(-c2ccc(CNc3ccccn3)cc2)no1. The molecule has 1 N–H and O–H groups in total. The topological polar surface area (TPSA) is 90.1 Å². The van der Waals surface area contributed by atoms with Crippen molar-refractivity contribution >= 4 is 11.8 Å². The summed E-state index contributed by atoms with van der Waals surface area (Å²) in [6, 6.07) is 13.7. The lowest BCUT2D eigenvalue weighted by Gasteiger charge is -2.06. The lowest BCUT2D eigenvalue weighted by atomic mass is 10.0. The molecule has 1 atom stereocenters. The summed E-state index contributed by atoms with van der Waals surface area (Å²) in [5.74, 6) is 1.73. The number of hydrogen-bond acceptors (Lipinski definition) is 7. The molecule has 2 heterocycles. The van der Waals surface area contributed by atoms with Gasteiger partial charge in [-0.3, -0.25) is 4.79 Å². The van der Waals surface area contributed by atoms with Crippen LogP contribution in [0.15, 0.2) is 53.2 Å². The van der Waals surface area contributed by atoms with E-state index in [1.54, 1.807) is 6.20 Å². The number of rotatable bonds is 8. The minimum Gasteiger partial charge on any atom is -0.469 e. The molecule has 7 heteroatoms. The van der Waals surface area contributed by atoms with Gasteiger partial charge in [0, 0.05) is 31.1 Å². The standard InChI is InChI=1S/C20H22N4O3/c1-14(12-19(25)26-2)11-18-23-20(24-27-18)16-8-6-15(7-9-16)13-22-17-5-3-4-10-21-17/h3-10,14H,11-13H2,1-2H3,(H,21,22). The first kappa shape index (κ1) is 18.6. The van der Waals surface area contributed by atoms with E-state index in [9.17, 15) is 4.79 Å². The van der Waals surface area contributed by atoms with E-state index in [1.165, 1.54) is 7.11 Å². The highest BCUT2D eigenvalue weighted by atomic mass is 16.5. The second kappa shape index (κ2) is 8.93. The van der Waals surface area contributed by atoms with Gasteiger partial charge in [0.25, 0.3) is 0 Å². The first-order valence-electron chi connectivity index (χ1n) is 8.77. The number of carbonyl (C=O) groups is 1. The highest BCUT2D eigenvalue weighted by molar-refractivity contribution is 5.69. The molecule has 0 fully saturated rings. The fourth-order valence-electron chi connectivity index (χ4n) is 2.62. The van der Waals surface area contributed by atoms with E-state index in [-0.39, 0.29) is 11.9 Å². The van der Waals surface area contributed by atoms with Crippen molar-refractivity contribution in [2.75, 3.05) is 12.4 Å². The van der Waals surface area contributed by atoms with Gasteiger partial charge in [-0.2, -0.15) is 4.98 Å². The Morgan fingerprint density at radius 3 is 2.74 bits per heavy atom. The largest absolute Gasteiger partial charge is 0.469 e. The molecule has 0 bridgehead atoms. The Hall–Kier alpha value is -3.22. The lowest BCUT2D eigenvalue weighted by molar-refractivity contribution is -0.141. The Morgan fingerprint density at radius 1 is 1.22 bits per heavy atom. The van der Waals surface area contributed by atoms with Crippen LogP contribution in [0.3, 0.4) is 0 Å². The summed E-state index contributed by atoms with van der Waals surface area (Å²) in [5.41, 5.74) is 2.01. The van der Waals surface area contributed by atoms with Crippen LogP contribution in [0.5, 0.6) is 0 Å². The predicted molar refractivity (Wildman–Crippen MR) is 101 cm³/mol. The van der Waals surface area contributed by atoms with Gasteiger partial charge in [-0.25, -0.2) is 4.98 Å². The number of esters is 1. The van der Waals surface area contributed by atoms with Crippen LogP contribution in [-0.2, 0) is 22.5 Å². The highest BCUT2D eigenvalue weighted by Crippen LogP contribution is 2.19. The van der Waals surface area contributed by atoms with Gasteiger partial charge in [0.15, 0.2) is 0 Å². The van der Waals surface area contributed by atoms with E-state index in [0.29, 0.717) is 31.1 Å². The summed E-state index contributed by atoms with van der Waals surface area (Å²) in [4.78, 5) is 20.0. The van der Waals surface area contributed by atoms with Crippen LogP contribution in [-0.4, -0.2) is 28.2 Å². The molecule has 0 aliphatic heterocycles. The van der Waals surface area contributed by atoms with Crippen LogP contribution in [0, 0.1) is 5.92 Å². The second-order valence-electron chi connectivity index (χ2n) is 6.37. The molecule has 0 saturated carbocycles. The molecule has 0 radical (unpaired) electrons. The number of hydrogen-bond donors (Lipinski definition) is 1. The minimum atomic E-state index is -0.239. The average Bonchev–Trinajstić information content (AvgIpc) is 3.15. The monoisotopic (exact) mass is 366 g/mol. The van der Waals surface area contributed by atoms with Crippen molar-refractivity contribution in [1.82, 2.24) is 15.1 Å². The Morgan fingerprint density at radius 2 is 2.04 bits per heavy atom. The third-order valence-electron chi connectivity index (χ3n) is 4.08. The third kappa shape index (κ3) is 5.37. The van der Waals surface area contributed by atoms with Gasteiger partial charge < -0.3 is 14.6 Å². The Kier molecular flexibility index (Phi) is 6.14. The predicted octanol–water partition coefficient (Wildman–Crippen LogP) is 3.49. The van der Waals surface area contributed by atoms with E-state index in [4.69, 9.17) is 4.52 Å². The fourth-order valence-corrected chi connectivity index (χ4v) is 2.62. The summed E-state index contributed by atoms with van der Waals surface area (Å²) < 4.78 is 9.98. The van der Waals surface area contributed by atoms with Crippen molar-refractivity contribution < 1.29 is 14.1 Å². The summed E-state index contributed by atoms with van der Waals surface area (Å²) in [5, 5.41) is 7.30. The van der Waals surface area contributed by atoms with Crippen molar-refractivity contribution in [3.05, 3.63) is 60.1 Å². The van der Waals surface area contributed by atoms with Crippen LogP contribution in [0.25, 0.3) is 11.4 Å². The molecule has 7 nitrogen and oxygen atoms in total. The summed E-state index contributed by atoms with van der Waals surface area (Å²) >= 11 is 0. The van der Waals surface area contributed by atoms with E-state index < -0.39 is 0 Å². The number of nitrogens with zero attached hydrogens (tertiary/aromatic N) is 3. The molecule has 3 aromatic rings. The number of ether oxygens (including phenoxy) is 1. The maximum Gasteiger partial charge on any atom is 0.305 e. The Balaban J connectivity index is 1.57. The Bertz CT molecular complexity index is 862. The van der Waals surface area contributed by atoms with E-state index in [2.05, 4.69) is 25.2 Å². The van der Waals surface area contributed by atoms with Crippen LogP contribution in [0.4, 0.5) is 5.82 Å². The summed E-state index contributed by atoms with van der Waals surface area (Å²) in [6.45, 7) is 2.63. The first-order chi connectivity index (χ1) is 13.1. The van der Waals surface area contributed by atoms with Gasteiger partial charge in [-0.15, -0.1) is 0 Å². The van der Waals surface area contributed by atoms with Gasteiger partial charge in [0.2, 0.25) is 11.7 Å². The van der Waals surface area contributed by atoms with Gasteiger partial charge >= 0.3 is 5.97 Å². The van der Waals surface area contributed by atoms with Gasteiger partial charge in [-0.05, 0) is 23.6 Å². The number of anilines is 1. The maximum absolute atomic E-state index is 11.3. The van der Waals surface area contributed by atoms with Crippen molar-refractivity contribution in [2.45, 2.75) is 26.3 Å². The molecule has 140 valence electrons. The van der Waals surface area contributed by atoms with E-state index in [1.807, 2.05) is 49.4 Å². The number of aromatic nitrogens is 3. The van der Waals surface area contributed by atoms with Crippen LogP contribution in [0.2, 0.25) is 0 Å². The zero-order chi connectivity index (χ0) is 19.1. The summed E-state index contributed by atoms with van der Waals surface area (Å²) in [6.07, 6.45) is 2.62. The zero-order valence-electron chi connectivity index (χ0n) is 15.4. The number of pyridine rings is 1. The molecule has 0 aliphatic rings. The van der Waals surface area contributed by atoms with Crippen LogP contribution < -0.4 is 5.32 Å². The van der Waals surface area contributed by atoms with Crippen LogP contribution in [0.1, 0.15) is 24.8 Å². The molecule has 1 aromatic carbocycles. The normalized spacial score (nSPS) is 11.8. The second-order valence-corrected chi connectivity index (χ2v) is 6.37. The fraction of sp³-hybridized carbons (Fsp3) is 0.300. The van der Waals surface area contributed by atoms with Crippen molar-refractivity contribution in [3.8, 4) is 11.4 Å². The van der Waals surface area contributed by atoms with Gasteiger partial charge in [0.05, 0.1) is 7.11 Å². The van der Waals surface area contributed by atoms with Gasteiger partial charge in [-0.1, -0.05) is 42.4 Å². The quantitative estimate of drug-likeness (QED) is 0.610. The molecule has 27 heavy (non-hydrogen) atoms. The van der Waals surface area contributed by atoms with Crippen molar-refractivity contribution in [1.29, 1.82) is 0 Å². The van der Waals surface area contributed by atoms with E-state index in [0.717, 1.165) is 16.9 Å². The lowest BCUT2D eigenvalue weighted by Crippen LogP contribution is -2.09. The molecule has 0 saturated heterocycles. The van der Waals surface area contributed by atoms with Crippen molar-refractivity contribution in [2.24, 2.45) is 5.92 Å². The molecule has 3 rings (SSSR count). The average molecular weight is 366 g/mol. The molecule has 0 spiro atoms. The molecule has 0 amide bonds. The minimum absolute atomic E-state index is 0.0748. The van der Waals surface area contributed by atoms with Crippen LogP contribution >= 0.6 is 0 Å². The highest BCUT2D eigenvalue weighted by Gasteiger charge is 2.15. The molecule has 2 aromatic heterocycles. The smallest absolute Gasteiger partial charge is 0.305 e. The number of methoxy groups -OCH3 is 1. The number of carbonyl (C=O) groups excluding carboxylic acids is 1. The molecule has 0 aliphatic carbocycles. The number of nitrogens with one attached hydrogen (secondary N) is 1. The van der Waals surface area contributed by atoms with Crippen molar-refractivity contribution in [3.63, 3.8) is 0 Å². The third-order valence-corrected chi connectivity index (χ3v) is 4.08. The number of benzene rings is 1. The Labute approximate surface area is 157 Å². The molecule has 1 unspecified atom stereocenters. The zero-order valence-corrected chi connectivity index (χ0v) is 15.4. The molecular formula is C20H22N4O3. The maximum atomic E-state index is 11.3.